The lowest BCUT2D eigenvalue weighted by Gasteiger charge is -2.01. The van der Waals surface area contributed by atoms with E-state index in [1.165, 1.54) is 23.5 Å². The van der Waals surface area contributed by atoms with Crippen LogP contribution in [0.3, 0.4) is 0 Å². The fourth-order valence-corrected chi connectivity index (χ4v) is 1.96. The van der Waals surface area contributed by atoms with Gasteiger partial charge in [-0.3, -0.25) is 9.59 Å². The summed E-state index contributed by atoms with van der Waals surface area (Å²) in [6.45, 7) is 3.75. The van der Waals surface area contributed by atoms with Gasteiger partial charge >= 0.3 is 11.9 Å². The van der Waals surface area contributed by atoms with Gasteiger partial charge in [0.25, 0.3) is 0 Å². The van der Waals surface area contributed by atoms with Gasteiger partial charge in [0.1, 0.15) is 12.1 Å². The smallest absolute Gasteiger partial charge is 0.321 e. The molecule has 0 amide bonds. The van der Waals surface area contributed by atoms with E-state index in [2.05, 4.69) is 0 Å². The number of aliphatic carboxylic acids is 2. The predicted molar refractivity (Wildman–Crippen MR) is 85.8 cm³/mol. The monoisotopic (exact) mass is 322 g/mol. The van der Waals surface area contributed by atoms with E-state index in [0.29, 0.717) is 11.5 Å². The highest BCUT2D eigenvalue weighted by molar-refractivity contribution is 8.02. The van der Waals surface area contributed by atoms with E-state index >= 15 is 0 Å². The van der Waals surface area contributed by atoms with Gasteiger partial charge in [-0.25, -0.2) is 0 Å². The lowest BCUT2D eigenvalue weighted by Crippen LogP contribution is -2.32. The van der Waals surface area contributed by atoms with Gasteiger partial charge in [-0.2, -0.15) is 0 Å². The molecular weight excluding hydrogens is 300 g/mol. The van der Waals surface area contributed by atoms with Gasteiger partial charge in [-0.05, 0) is 24.7 Å². The summed E-state index contributed by atoms with van der Waals surface area (Å²) in [5, 5.41) is 20.3. The third-order valence-electron chi connectivity index (χ3n) is 1.65. The second-order valence-corrected chi connectivity index (χ2v) is 5.37. The summed E-state index contributed by atoms with van der Waals surface area (Å²) in [4.78, 5) is 20.3. The summed E-state index contributed by atoms with van der Waals surface area (Å²) in [6, 6.07) is -1.50. The van der Waals surface area contributed by atoms with Gasteiger partial charge in [0.15, 0.2) is 0 Å². The van der Waals surface area contributed by atoms with Crippen molar-refractivity contribution in [1.82, 2.24) is 0 Å². The SMILES string of the molecule is CC=CSC[C@H](N)C(=O)O.CC=CSC[C@H](N)C(=O)O. The van der Waals surface area contributed by atoms with Crippen LogP contribution < -0.4 is 11.5 Å². The Bertz CT molecular complexity index is 303. The number of rotatable bonds is 8. The van der Waals surface area contributed by atoms with Crippen molar-refractivity contribution >= 4 is 35.5 Å². The van der Waals surface area contributed by atoms with Crippen molar-refractivity contribution in [2.24, 2.45) is 11.5 Å². The Balaban J connectivity index is 0. The molecule has 0 aromatic carbocycles. The molecule has 0 heterocycles. The van der Waals surface area contributed by atoms with Crippen molar-refractivity contribution in [2.75, 3.05) is 11.5 Å². The zero-order chi connectivity index (χ0) is 16.0. The van der Waals surface area contributed by atoms with E-state index in [-0.39, 0.29) is 0 Å². The predicted octanol–water partition coefficient (Wildman–Crippen LogP) is 1.33. The van der Waals surface area contributed by atoms with Crippen LogP contribution in [0.2, 0.25) is 0 Å². The van der Waals surface area contributed by atoms with Gasteiger partial charge in [0.05, 0.1) is 0 Å². The molecule has 6 nitrogen and oxygen atoms in total. The molecule has 116 valence electrons. The molecule has 2 atom stereocenters. The number of carboxylic acids is 2. The summed E-state index contributed by atoms with van der Waals surface area (Å²) >= 11 is 2.81. The topological polar surface area (TPSA) is 127 Å². The molecule has 0 aliphatic carbocycles. The molecule has 6 N–H and O–H groups in total. The first-order valence-corrected chi connectivity index (χ1v) is 7.88. The van der Waals surface area contributed by atoms with Crippen LogP contribution in [0.1, 0.15) is 13.8 Å². The minimum atomic E-state index is -0.947. The van der Waals surface area contributed by atoms with Crippen molar-refractivity contribution < 1.29 is 19.8 Å². The quantitative estimate of drug-likeness (QED) is 0.527. The molecule has 0 fully saturated rings. The molecule has 0 saturated carbocycles. The number of carbonyl (C=O) groups is 2. The first-order chi connectivity index (χ1) is 9.36. The zero-order valence-corrected chi connectivity index (χ0v) is 13.2. The van der Waals surface area contributed by atoms with Crippen LogP contribution in [-0.4, -0.2) is 45.7 Å². The number of thioether (sulfide) groups is 2. The number of carboxylic acid groups (broad SMARTS) is 2. The molecule has 0 aromatic rings. The Morgan fingerprint density at radius 3 is 1.45 bits per heavy atom. The van der Waals surface area contributed by atoms with E-state index in [1.54, 1.807) is 0 Å². The Labute approximate surface area is 127 Å². The molecule has 20 heavy (non-hydrogen) atoms. The second kappa shape index (κ2) is 14.4. The number of hydrogen-bond donors (Lipinski definition) is 4. The average Bonchev–Trinajstić information content (AvgIpc) is 2.39. The Morgan fingerprint density at radius 1 is 0.950 bits per heavy atom. The highest BCUT2D eigenvalue weighted by Crippen LogP contribution is 2.03. The van der Waals surface area contributed by atoms with Gasteiger partial charge in [0.2, 0.25) is 0 Å². The zero-order valence-electron chi connectivity index (χ0n) is 11.6. The first kappa shape index (κ1) is 21.3. The van der Waals surface area contributed by atoms with Crippen LogP contribution in [0.15, 0.2) is 23.0 Å². The summed E-state index contributed by atoms with van der Waals surface area (Å²) in [7, 11) is 0. The maximum absolute atomic E-state index is 10.1. The molecule has 0 unspecified atom stereocenters. The first-order valence-electron chi connectivity index (χ1n) is 5.79. The standard InChI is InChI=1S/2C6H11NO2S/c2*1-2-3-10-4-5(7)6(8)9/h2*2-3,5H,4,7H2,1H3,(H,8,9)/t2*5-/m00/s1. The molecule has 0 bridgehead atoms. The normalized spacial score (nSPS) is 13.8. The van der Waals surface area contributed by atoms with Crippen LogP contribution >= 0.6 is 23.5 Å². The fraction of sp³-hybridized carbons (Fsp3) is 0.500. The Hall–Kier alpha value is -0.960. The molecule has 0 rings (SSSR count). The molecule has 0 spiro atoms. The van der Waals surface area contributed by atoms with E-state index in [1.807, 2.05) is 36.8 Å². The van der Waals surface area contributed by atoms with Crippen LogP contribution in [0.4, 0.5) is 0 Å². The highest BCUT2D eigenvalue weighted by atomic mass is 32.2. The summed E-state index contributed by atoms with van der Waals surface area (Å²) in [5.41, 5.74) is 10.4. The lowest BCUT2D eigenvalue weighted by atomic mass is 10.4. The fourth-order valence-electron chi connectivity index (χ4n) is 0.653. The van der Waals surface area contributed by atoms with Crippen molar-refractivity contribution in [3.8, 4) is 0 Å². The van der Waals surface area contributed by atoms with Crippen LogP contribution in [0.5, 0.6) is 0 Å². The van der Waals surface area contributed by atoms with Crippen molar-refractivity contribution in [3.63, 3.8) is 0 Å². The minimum absolute atomic E-state index is 0.430. The largest absolute Gasteiger partial charge is 0.480 e. The van der Waals surface area contributed by atoms with Gasteiger partial charge in [0, 0.05) is 11.5 Å². The third-order valence-corrected chi connectivity index (χ3v) is 3.68. The summed E-state index contributed by atoms with van der Waals surface area (Å²) in [6.07, 6.45) is 3.69. The molecule has 0 aromatic heterocycles. The number of hydrogen-bond acceptors (Lipinski definition) is 6. The van der Waals surface area contributed by atoms with E-state index in [4.69, 9.17) is 21.7 Å². The average molecular weight is 322 g/mol. The number of allylic oxidation sites excluding steroid dienone is 2. The second-order valence-electron chi connectivity index (χ2n) is 3.49. The maximum atomic E-state index is 10.1. The van der Waals surface area contributed by atoms with E-state index < -0.39 is 24.0 Å². The lowest BCUT2D eigenvalue weighted by molar-refractivity contribution is -0.138. The van der Waals surface area contributed by atoms with Gasteiger partial charge < -0.3 is 21.7 Å². The highest BCUT2D eigenvalue weighted by Gasteiger charge is 2.09. The van der Waals surface area contributed by atoms with E-state index in [9.17, 15) is 9.59 Å². The van der Waals surface area contributed by atoms with Crippen molar-refractivity contribution in [1.29, 1.82) is 0 Å². The van der Waals surface area contributed by atoms with Crippen molar-refractivity contribution in [2.45, 2.75) is 25.9 Å². The van der Waals surface area contributed by atoms with Crippen molar-refractivity contribution in [3.05, 3.63) is 23.0 Å². The summed E-state index contributed by atoms with van der Waals surface area (Å²) < 4.78 is 0. The van der Waals surface area contributed by atoms with Gasteiger partial charge in [-0.15, -0.1) is 23.5 Å². The van der Waals surface area contributed by atoms with E-state index in [0.717, 1.165) is 0 Å². The molecular formula is C12H22N2O4S2. The Kier molecular flexibility index (Phi) is 15.4. The van der Waals surface area contributed by atoms with Crippen LogP contribution in [0, 0.1) is 0 Å². The molecule has 0 saturated heterocycles. The Morgan fingerprint density at radius 2 is 1.25 bits per heavy atom. The molecule has 0 aliphatic rings. The van der Waals surface area contributed by atoms with Crippen LogP contribution in [0.25, 0.3) is 0 Å². The molecule has 0 radical (unpaired) electrons. The molecule has 8 heteroatoms. The summed E-state index contributed by atoms with van der Waals surface area (Å²) in [5.74, 6) is -1.03. The maximum Gasteiger partial charge on any atom is 0.321 e. The molecule has 0 aliphatic heterocycles. The minimum Gasteiger partial charge on any atom is -0.480 e. The van der Waals surface area contributed by atoms with Crippen LogP contribution in [-0.2, 0) is 9.59 Å². The third kappa shape index (κ3) is 15.1. The van der Waals surface area contributed by atoms with Gasteiger partial charge in [-0.1, -0.05) is 12.2 Å². The number of nitrogens with two attached hydrogens (primary N) is 2.